The van der Waals surface area contributed by atoms with Gasteiger partial charge in [0.1, 0.15) is 11.9 Å². The molecule has 0 bridgehead atoms. The van der Waals surface area contributed by atoms with Crippen LogP contribution in [0.15, 0.2) is 12.1 Å². The summed E-state index contributed by atoms with van der Waals surface area (Å²) in [4.78, 5) is 0.602. The summed E-state index contributed by atoms with van der Waals surface area (Å²) in [5.41, 5.74) is 4.16. The third-order valence-electron chi connectivity index (χ3n) is 5.14. The molecule has 1 fully saturated rings. The average molecular weight is 325 g/mol. The quantitative estimate of drug-likeness (QED) is 0.680. The van der Waals surface area contributed by atoms with Crippen molar-refractivity contribution in [3.8, 4) is 5.75 Å². The predicted octanol–water partition coefficient (Wildman–Crippen LogP) is 5.33. The van der Waals surface area contributed by atoms with Gasteiger partial charge in [0, 0.05) is 10.2 Å². The molecule has 2 rings (SSSR count). The molecular weight excluding hydrogens is 300 g/mol. The van der Waals surface area contributed by atoms with E-state index in [9.17, 15) is 0 Å². The van der Waals surface area contributed by atoms with Crippen LogP contribution in [0.1, 0.15) is 49.8 Å². The molecular formula is C17H25BrO. The lowest BCUT2D eigenvalue weighted by atomic mass is 9.62. The molecule has 0 N–H and O–H groups in total. The van der Waals surface area contributed by atoms with Gasteiger partial charge in [0.2, 0.25) is 0 Å². The molecule has 1 aliphatic carbocycles. The van der Waals surface area contributed by atoms with Crippen LogP contribution in [-0.4, -0.2) is 10.9 Å². The Morgan fingerprint density at radius 3 is 2.26 bits per heavy atom. The van der Waals surface area contributed by atoms with Gasteiger partial charge in [0.05, 0.1) is 0 Å². The first-order valence-corrected chi connectivity index (χ1v) is 8.25. The largest absolute Gasteiger partial charge is 0.489 e. The van der Waals surface area contributed by atoms with Gasteiger partial charge in [-0.1, -0.05) is 41.9 Å². The van der Waals surface area contributed by atoms with Crippen LogP contribution in [-0.2, 0) is 0 Å². The van der Waals surface area contributed by atoms with Crippen molar-refractivity contribution in [3.63, 3.8) is 0 Å². The van der Waals surface area contributed by atoms with Crippen LogP contribution in [0.2, 0.25) is 0 Å². The highest BCUT2D eigenvalue weighted by Gasteiger charge is 2.53. The van der Waals surface area contributed by atoms with Crippen LogP contribution in [0.5, 0.6) is 5.75 Å². The molecule has 2 unspecified atom stereocenters. The summed E-state index contributed by atoms with van der Waals surface area (Å²) in [5.74, 6) is 1.11. The summed E-state index contributed by atoms with van der Waals surface area (Å²) in [6, 6.07) is 4.35. The Bertz CT molecular complexity index is 463. The normalized spacial score (nSPS) is 24.9. The number of alkyl halides is 1. The van der Waals surface area contributed by atoms with Gasteiger partial charge in [-0.25, -0.2) is 0 Å². The second-order valence-electron chi connectivity index (χ2n) is 5.90. The number of benzene rings is 1. The number of aryl methyl sites for hydroxylation is 2. The van der Waals surface area contributed by atoms with E-state index in [1.165, 1.54) is 29.5 Å². The van der Waals surface area contributed by atoms with Gasteiger partial charge in [-0.2, -0.15) is 0 Å². The van der Waals surface area contributed by atoms with Crippen LogP contribution in [0, 0.1) is 26.2 Å². The van der Waals surface area contributed by atoms with E-state index in [1.54, 1.807) is 0 Å². The lowest BCUT2D eigenvalue weighted by Gasteiger charge is -2.53. The van der Waals surface area contributed by atoms with Crippen molar-refractivity contribution in [2.75, 3.05) is 0 Å². The standard InChI is InChI=1S/C17H25BrO/c1-6-17(7-2)14(18)10-15(17)19-16-12(4)9-8-11(3)13(16)5/h8-9,14-15H,6-7,10H2,1-5H3. The first-order chi connectivity index (χ1) is 8.96. The predicted molar refractivity (Wildman–Crippen MR) is 85.4 cm³/mol. The summed E-state index contributed by atoms with van der Waals surface area (Å²) in [7, 11) is 0. The smallest absolute Gasteiger partial charge is 0.125 e. The molecule has 1 aromatic carbocycles. The Hall–Kier alpha value is -0.500. The molecule has 1 nitrogen and oxygen atoms in total. The highest BCUT2D eigenvalue weighted by molar-refractivity contribution is 9.09. The fraction of sp³-hybridized carbons (Fsp3) is 0.647. The first kappa shape index (κ1) is 14.9. The van der Waals surface area contributed by atoms with Gasteiger partial charge < -0.3 is 4.74 Å². The maximum absolute atomic E-state index is 6.43. The Labute approximate surface area is 125 Å². The zero-order valence-corrected chi connectivity index (χ0v) is 14.3. The monoisotopic (exact) mass is 324 g/mol. The molecule has 2 atom stereocenters. The van der Waals surface area contributed by atoms with E-state index >= 15 is 0 Å². The van der Waals surface area contributed by atoms with Gasteiger partial charge in [-0.3, -0.25) is 0 Å². The fourth-order valence-electron chi connectivity index (χ4n) is 3.26. The lowest BCUT2D eigenvalue weighted by Crippen LogP contribution is -2.56. The number of hydrogen-bond acceptors (Lipinski definition) is 1. The fourth-order valence-corrected chi connectivity index (χ4v) is 4.54. The van der Waals surface area contributed by atoms with Crippen molar-refractivity contribution in [1.82, 2.24) is 0 Å². The Morgan fingerprint density at radius 2 is 1.74 bits per heavy atom. The van der Waals surface area contributed by atoms with Gasteiger partial charge in [-0.15, -0.1) is 0 Å². The van der Waals surface area contributed by atoms with Crippen molar-refractivity contribution in [2.45, 2.75) is 64.8 Å². The molecule has 0 amide bonds. The van der Waals surface area contributed by atoms with Crippen LogP contribution in [0.4, 0.5) is 0 Å². The van der Waals surface area contributed by atoms with Crippen molar-refractivity contribution >= 4 is 15.9 Å². The van der Waals surface area contributed by atoms with E-state index < -0.39 is 0 Å². The molecule has 0 heterocycles. The first-order valence-electron chi connectivity index (χ1n) is 7.33. The zero-order chi connectivity index (χ0) is 14.2. The number of ether oxygens (including phenoxy) is 1. The zero-order valence-electron chi connectivity index (χ0n) is 12.7. The number of rotatable bonds is 4. The molecule has 1 aliphatic rings. The van der Waals surface area contributed by atoms with Crippen LogP contribution in [0.25, 0.3) is 0 Å². The summed E-state index contributed by atoms with van der Waals surface area (Å²) in [5, 5.41) is 0. The molecule has 1 saturated carbocycles. The van der Waals surface area contributed by atoms with Gasteiger partial charge in [0.15, 0.2) is 0 Å². The van der Waals surface area contributed by atoms with Crippen LogP contribution >= 0.6 is 15.9 Å². The topological polar surface area (TPSA) is 9.23 Å². The maximum Gasteiger partial charge on any atom is 0.125 e. The van der Waals surface area contributed by atoms with Crippen molar-refractivity contribution in [1.29, 1.82) is 0 Å². The minimum absolute atomic E-state index is 0.308. The van der Waals surface area contributed by atoms with Crippen LogP contribution < -0.4 is 4.74 Å². The van der Waals surface area contributed by atoms with E-state index in [2.05, 4.69) is 62.7 Å². The van der Waals surface area contributed by atoms with E-state index in [1.807, 2.05) is 0 Å². The van der Waals surface area contributed by atoms with Gasteiger partial charge in [0.25, 0.3) is 0 Å². The minimum Gasteiger partial charge on any atom is -0.489 e. The molecule has 1 aromatic rings. The van der Waals surface area contributed by atoms with E-state index in [0.29, 0.717) is 16.3 Å². The number of hydrogen-bond donors (Lipinski definition) is 0. The third kappa shape index (κ3) is 2.33. The molecule has 0 radical (unpaired) electrons. The van der Waals surface area contributed by atoms with Gasteiger partial charge in [-0.05, 0) is 56.7 Å². The lowest BCUT2D eigenvalue weighted by molar-refractivity contribution is -0.0418. The molecule has 2 heteroatoms. The summed E-state index contributed by atoms with van der Waals surface area (Å²) >= 11 is 3.83. The maximum atomic E-state index is 6.43. The highest BCUT2D eigenvalue weighted by Crippen LogP contribution is 2.53. The molecule has 0 aliphatic heterocycles. The summed E-state index contributed by atoms with van der Waals surface area (Å²) < 4.78 is 6.43. The van der Waals surface area contributed by atoms with Crippen molar-refractivity contribution in [2.24, 2.45) is 5.41 Å². The van der Waals surface area contributed by atoms with Gasteiger partial charge >= 0.3 is 0 Å². The number of halogens is 1. The van der Waals surface area contributed by atoms with E-state index in [4.69, 9.17) is 4.74 Å². The van der Waals surface area contributed by atoms with Crippen molar-refractivity contribution < 1.29 is 4.74 Å². The molecule has 0 saturated heterocycles. The second-order valence-corrected chi connectivity index (χ2v) is 7.01. The Morgan fingerprint density at radius 1 is 1.16 bits per heavy atom. The molecule has 0 spiro atoms. The summed E-state index contributed by atoms with van der Waals surface area (Å²) in [6.45, 7) is 11.0. The third-order valence-corrected chi connectivity index (χ3v) is 6.42. The molecule has 0 aromatic heterocycles. The Balaban J connectivity index is 2.26. The van der Waals surface area contributed by atoms with Crippen LogP contribution in [0.3, 0.4) is 0 Å². The molecule has 19 heavy (non-hydrogen) atoms. The van der Waals surface area contributed by atoms with Crippen molar-refractivity contribution in [3.05, 3.63) is 28.8 Å². The van der Waals surface area contributed by atoms with E-state index in [-0.39, 0.29) is 0 Å². The highest BCUT2D eigenvalue weighted by atomic mass is 79.9. The minimum atomic E-state index is 0.308. The molecule has 106 valence electrons. The van der Waals surface area contributed by atoms with E-state index in [0.717, 1.165) is 12.2 Å². The second kappa shape index (κ2) is 5.47. The summed E-state index contributed by atoms with van der Waals surface area (Å²) in [6.07, 6.45) is 3.82. The SMILES string of the molecule is CCC1(CC)C(Br)CC1Oc1c(C)ccc(C)c1C. The Kier molecular flexibility index (Phi) is 4.29. The average Bonchev–Trinajstić information content (AvgIpc) is 2.39.